The Labute approximate surface area is 134 Å². The van der Waals surface area contributed by atoms with Gasteiger partial charge in [-0.25, -0.2) is 0 Å². The largest absolute Gasteiger partial charge is 0.481 e. The first-order valence-electron chi connectivity index (χ1n) is 7.79. The average Bonchev–Trinajstić information content (AvgIpc) is 2.38. The molecule has 0 aromatic heterocycles. The minimum atomic E-state index is -3.34. The molecular weight excluding hydrogens is 304 g/mol. The molecule has 1 N–H and O–H groups in total. The Morgan fingerprint density at radius 2 is 1.73 bits per heavy atom. The van der Waals surface area contributed by atoms with Crippen LogP contribution in [0.15, 0.2) is 11.6 Å². The molecule has 0 saturated carbocycles. The second-order valence-electron chi connectivity index (χ2n) is 6.04. The standard InChI is InChI=1S/C14H26O3S.C2H4O2/c1-6-17-18(15,16)8-7-14-9-10(2)11(3)12(4)13(14)5;1-2(3)4/h9-13H,6-8H2,1-5H3;1H3,(H,3,4). The maximum absolute atomic E-state index is 11.6. The summed E-state index contributed by atoms with van der Waals surface area (Å²) in [6, 6.07) is 0. The van der Waals surface area contributed by atoms with Crippen molar-refractivity contribution < 1.29 is 22.5 Å². The predicted octanol–water partition coefficient (Wildman–Crippen LogP) is 3.32. The second kappa shape index (κ2) is 9.30. The third kappa shape index (κ3) is 7.40. The van der Waals surface area contributed by atoms with Crippen LogP contribution in [-0.2, 0) is 19.1 Å². The van der Waals surface area contributed by atoms with Crippen LogP contribution in [0.3, 0.4) is 0 Å². The van der Waals surface area contributed by atoms with Gasteiger partial charge in [0.2, 0.25) is 0 Å². The van der Waals surface area contributed by atoms with Crippen molar-refractivity contribution in [2.75, 3.05) is 12.4 Å². The molecule has 0 saturated heterocycles. The lowest BCUT2D eigenvalue weighted by Crippen LogP contribution is -2.28. The van der Waals surface area contributed by atoms with Gasteiger partial charge in [0.25, 0.3) is 16.1 Å². The Bertz CT molecular complexity index is 477. The molecule has 1 aliphatic rings. The van der Waals surface area contributed by atoms with E-state index in [9.17, 15) is 8.42 Å². The van der Waals surface area contributed by atoms with Crippen molar-refractivity contribution in [3.05, 3.63) is 11.6 Å². The highest BCUT2D eigenvalue weighted by Crippen LogP contribution is 2.38. The van der Waals surface area contributed by atoms with E-state index in [-0.39, 0.29) is 12.4 Å². The van der Waals surface area contributed by atoms with Gasteiger partial charge in [0.05, 0.1) is 12.4 Å². The van der Waals surface area contributed by atoms with Gasteiger partial charge in [-0.1, -0.05) is 39.3 Å². The van der Waals surface area contributed by atoms with E-state index in [0.717, 1.165) is 6.92 Å². The van der Waals surface area contributed by atoms with Crippen molar-refractivity contribution >= 4 is 16.1 Å². The summed E-state index contributed by atoms with van der Waals surface area (Å²) in [6.45, 7) is 12.0. The smallest absolute Gasteiger partial charge is 0.300 e. The SMILES string of the molecule is CC(=O)O.CCOS(=O)(=O)CCC1=CC(C)C(C)C(C)C1C. The number of allylic oxidation sites excluding steroid dienone is 2. The number of hydrogen-bond acceptors (Lipinski definition) is 4. The highest BCUT2D eigenvalue weighted by molar-refractivity contribution is 7.86. The molecule has 1 aliphatic carbocycles. The first kappa shape index (κ1) is 21.1. The van der Waals surface area contributed by atoms with Gasteiger partial charge in [-0.05, 0) is 37.0 Å². The van der Waals surface area contributed by atoms with Crippen molar-refractivity contribution in [2.45, 2.75) is 48.0 Å². The van der Waals surface area contributed by atoms with Gasteiger partial charge in [-0.15, -0.1) is 0 Å². The molecule has 4 atom stereocenters. The molecule has 130 valence electrons. The molecule has 0 radical (unpaired) electrons. The summed E-state index contributed by atoms with van der Waals surface area (Å²) in [4.78, 5) is 9.00. The predicted molar refractivity (Wildman–Crippen MR) is 88.1 cm³/mol. The molecule has 5 nitrogen and oxygen atoms in total. The van der Waals surface area contributed by atoms with Crippen molar-refractivity contribution in [1.82, 2.24) is 0 Å². The van der Waals surface area contributed by atoms with Crippen LogP contribution in [0.5, 0.6) is 0 Å². The first-order valence-corrected chi connectivity index (χ1v) is 9.36. The molecule has 0 aromatic carbocycles. The maximum Gasteiger partial charge on any atom is 0.300 e. The number of hydrogen-bond donors (Lipinski definition) is 1. The molecule has 0 bridgehead atoms. The first-order chi connectivity index (χ1) is 10.0. The molecule has 0 aromatic rings. The molecule has 1 rings (SSSR count). The fraction of sp³-hybridized carbons (Fsp3) is 0.812. The van der Waals surface area contributed by atoms with Crippen LogP contribution in [0.2, 0.25) is 0 Å². The summed E-state index contributed by atoms with van der Waals surface area (Å²) in [7, 11) is -3.34. The zero-order chi connectivity index (χ0) is 17.5. The van der Waals surface area contributed by atoms with Crippen LogP contribution in [0.1, 0.15) is 48.0 Å². The quantitative estimate of drug-likeness (QED) is 0.616. The Balaban J connectivity index is 0.000000980. The number of rotatable bonds is 5. The van der Waals surface area contributed by atoms with Gasteiger partial charge in [0, 0.05) is 6.92 Å². The van der Waals surface area contributed by atoms with E-state index in [0.29, 0.717) is 30.1 Å². The van der Waals surface area contributed by atoms with Gasteiger partial charge in [0.1, 0.15) is 0 Å². The van der Waals surface area contributed by atoms with E-state index >= 15 is 0 Å². The van der Waals surface area contributed by atoms with Gasteiger partial charge in [-0.2, -0.15) is 8.42 Å². The average molecular weight is 334 g/mol. The monoisotopic (exact) mass is 334 g/mol. The summed E-state index contributed by atoms with van der Waals surface area (Å²) in [5.74, 6) is 1.53. The molecule has 0 amide bonds. The third-order valence-corrected chi connectivity index (χ3v) is 5.75. The van der Waals surface area contributed by atoms with E-state index < -0.39 is 16.1 Å². The van der Waals surface area contributed by atoms with E-state index in [4.69, 9.17) is 14.1 Å². The third-order valence-electron chi connectivity index (χ3n) is 4.45. The van der Waals surface area contributed by atoms with Crippen LogP contribution in [-0.4, -0.2) is 31.9 Å². The number of carboxylic acids is 1. The Morgan fingerprint density at radius 3 is 2.18 bits per heavy atom. The fourth-order valence-electron chi connectivity index (χ4n) is 2.71. The van der Waals surface area contributed by atoms with Crippen molar-refractivity contribution in [2.24, 2.45) is 23.7 Å². The van der Waals surface area contributed by atoms with E-state index in [1.54, 1.807) is 6.92 Å². The van der Waals surface area contributed by atoms with Crippen molar-refractivity contribution in [3.63, 3.8) is 0 Å². The van der Waals surface area contributed by atoms with Gasteiger partial charge >= 0.3 is 0 Å². The second-order valence-corrected chi connectivity index (χ2v) is 7.80. The molecule has 0 fully saturated rings. The molecule has 22 heavy (non-hydrogen) atoms. The summed E-state index contributed by atoms with van der Waals surface area (Å²) >= 11 is 0. The van der Waals surface area contributed by atoms with Gasteiger partial charge < -0.3 is 5.11 Å². The van der Waals surface area contributed by atoms with Crippen LogP contribution < -0.4 is 0 Å². The van der Waals surface area contributed by atoms with Crippen LogP contribution in [0.25, 0.3) is 0 Å². The summed E-state index contributed by atoms with van der Waals surface area (Å²) in [5.41, 5.74) is 1.27. The number of carboxylic acid groups (broad SMARTS) is 1. The molecule has 0 aliphatic heterocycles. The highest BCUT2D eigenvalue weighted by Gasteiger charge is 2.30. The molecule has 0 spiro atoms. The minimum absolute atomic E-state index is 0.102. The normalized spacial score (nSPS) is 28.4. The minimum Gasteiger partial charge on any atom is -0.481 e. The molecule has 4 unspecified atom stereocenters. The zero-order valence-electron chi connectivity index (χ0n) is 14.5. The summed E-state index contributed by atoms with van der Waals surface area (Å²) in [5, 5.41) is 7.42. The van der Waals surface area contributed by atoms with E-state index in [2.05, 4.69) is 33.8 Å². The van der Waals surface area contributed by atoms with Gasteiger partial charge in [0.15, 0.2) is 0 Å². The van der Waals surface area contributed by atoms with Crippen LogP contribution >= 0.6 is 0 Å². The Morgan fingerprint density at radius 1 is 1.23 bits per heavy atom. The fourth-order valence-corrected chi connectivity index (χ4v) is 3.67. The van der Waals surface area contributed by atoms with Crippen LogP contribution in [0, 0.1) is 23.7 Å². The Kier molecular flexibility index (Phi) is 8.93. The van der Waals surface area contributed by atoms with E-state index in [1.807, 2.05) is 0 Å². The number of aliphatic carboxylic acids is 1. The lowest BCUT2D eigenvalue weighted by molar-refractivity contribution is -0.134. The zero-order valence-corrected chi connectivity index (χ0v) is 15.3. The maximum atomic E-state index is 11.6. The Hall–Kier alpha value is -0.880. The van der Waals surface area contributed by atoms with Gasteiger partial charge in [-0.3, -0.25) is 8.98 Å². The topological polar surface area (TPSA) is 80.7 Å². The lowest BCUT2D eigenvalue weighted by Gasteiger charge is -2.36. The highest BCUT2D eigenvalue weighted by atomic mass is 32.2. The van der Waals surface area contributed by atoms with Crippen molar-refractivity contribution in [1.29, 1.82) is 0 Å². The molecule has 0 heterocycles. The van der Waals surface area contributed by atoms with Crippen molar-refractivity contribution in [3.8, 4) is 0 Å². The molecular formula is C16H30O5S. The van der Waals surface area contributed by atoms with Crippen LogP contribution in [0.4, 0.5) is 0 Å². The summed E-state index contributed by atoms with van der Waals surface area (Å²) < 4.78 is 27.9. The molecule has 6 heteroatoms. The summed E-state index contributed by atoms with van der Waals surface area (Å²) in [6.07, 6.45) is 2.86. The van der Waals surface area contributed by atoms with E-state index in [1.165, 1.54) is 5.57 Å². The lowest BCUT2D eigenvalue weighted by atomic mass is 9.69. The number of carbonyl (C=O) groups is 1.